The van der Waals surface area contributed by atoms with E-state index in [1.807, 2.05) is 0 Å². The van der Waals surface area contributed by atoms with E-state index in [9.17, 15) is 0 Å². The van der Waals surface area contributed by atoms with Crippen molar-refractivity contribution < 1.29 is 0 Å². The molecule has 1 unspecified atom stereocenters. The van der Waals surface area contributed by atoms with Crippen LogP contribution in [0.5, 0.6) is 0 Å². The average molecular weight is 2060 g/mol. The lowest BCUT2D eigenvalue weighted by Gasteiger charge is -2.02. The summed E-state index contributed by atoms with van der Waals surface area (Å²) in [4.78, 5) is 0. The highest BCUT2D eigenvalue weighted by molar-refractivity contribution is 14.1. The van der Waals surface area contributed by atoms with Crippen LogP contribution in [0, 0.1) is 0 Å². The molecule has 0 aromatic carbocycles. The first-order chi connectivity index (χ1) is 35.7. The van der Waals surface area contributed by atoms with Crippen molar-refractivity contribution in [2.75, 3.05) is 31.0 Å². The van der Waals surface area contributed by atoms with E-state index in [1.54, 1.807) is 0 Å². The number of unbranched alkanes of at least 4 members (excludes halogenated alkanes) is 40. The van der Waals surface area contributed by atoms with Crippen molar-refractivity contribution in [2.45, 2.75) is 374 Å². The highest BCUT2D eigenvalue weighted by atomic mass is 127. The molecule has 0 amide bonds. The van der Waals surface area contributed by atoms with Crippen LogP contribution in [0.4, 0.5) is 0 Å². The second-order valence-corrected chi connectivity index (χ2v) is 29.8. The second kappa shape index (κ2) is 118. The summed E-state index contributed by atoms with van der Waals surface area (Å²) in [5, 5.41) is 0. The Balaban J connectivity index is -0.0000000964. The van der Waals surface area contributed by atoms with Crippen molar-refractivity contribution in [1.29, 1.82) is 0 Å². The summed E-state index contributed by atoms with van der Waals surface area (Å²) in [6, 6.07) is 0. The van der Waals surface area contributed by atoms with Crippen molar-refractivity contribution in [1.82, 2.24) is 0 Å². The maximum atomic E-state index is 2.48. The maximum absolute atomic E-state index is 2.48. The summed E-state index contributed by atoms with van der Waals surface area (Å²) in [6.45, 7) is 20.2. The van der Waals surface area contributed by atoms with Gasteiger partial charge in [-0.25, -0.2) is 0 Å². The van der Waals surface area contributed by atoms with Crippen LogP contribution in [-0.4, -0.2) is 34.9 Å². The van der Waals surface area contributed by atoms with Gasteiger partial charge in [0.25, 0.3) is 0 Å². The zero-order valence-corrected chi connectivity index (χ0v) is 71.5. The summed E-state index contributed by atoms with van der Waals surface area (Å²) >= 11 is 19.5. The molecule has 0 bridgehead atoms. The quantitative estimate of drug-likeness (QED) is 0.0324. The number of hydrogen-bond acceptors (Lipinski definition) is 0. The van der Waals surface area contributed by atoms with E-state index >= 15 is 0 Å². The van der Waals surface area contributed by atoms with E-state index < -0.39 is 0 Å². The maximum Gasteiger partial charge on any atom is 0.00787 e. The molecule has 0 aromatic rings. The van der Waals surface area contributed by atoms with Crippen LogP contribution in [0.15, 0.2) is 0 Å². The van der Waals surface area contributed by atoms with Gasteiger partial charge in [-0.05, 0) is 82.4 Å². The molecular formula is C65H139I9. The van der Waals surface area contributed by atoms with Crippen molar-refractivity contribution in [3.63, 3.8) is 0 Å². The Bertz CT molecular complexity index is 669. The van der Waals surface area contributed by atoms with Crippen LogP contribution in [0.3, 0.4) is 0 Å². The number of alkyl halides is 8. The number of rotatable bonds is 48. The van der Waals surface area contributed by atoms with Gasteiger partial charge in [0.2, 0.25) is 0 Å². The monoisotopic (exact) mass is 2060 g/mol. The van der Waals surface area contributed by atoms with Gasteiger partial charge in [-0.1, -0.05) is 500 Å². The molecule has 0 N–H and O–H groups in total. The molecule has 0 saturated heterocycles. The van der Waals surface area contributed by atoms with Crippen molar-refractivity contribution >= 4 is 205 Å². The molecule has 0 nitrogen and oxygen atoms in total. The van der Waals surface area contributed by atoms with Gasteiger partial charge in [0.1, 0.15) is 0 Å². The molecule has 462 valence electrons. The van der Waals surface area contributed by atoms with Gasteiger partial charge in [0, 0.05) is 3.92 Å². The van der Waals surface area contributed by atoms with Crippen LogP contribution in [0.25, 0.3) is 0 Å². The zero-order valence-electron chi connectivity index (χ0n) is 51.9. The molecule has 0 rings (SSSR count). The Hall–Kier alpha value is 6.57. The Morgan fingerprint density at radius 2 is 0.284 bits per heavy atom. The smallest absolute Gasteiger partial charge is 0.00787 e. The Morgan fingerprint density at radius 3 is 0.378 bits per heavy atom. The van der Waals surface area contributed by atoms with Crippen molar-refractivity contribution in [2.24, 2.45) is 0 Å². The fourth-order valence-corrected chi connectivity index (χ4v) is 11.0. The molecule has 0 fully saturated rings. The van der Waals surface area contributed by atoms with E-state index in [-0.39, 0.29) is 24.0 Å². The highest BCUT2D eigenvalue weighted by Gasteiger charge is 1.95. The predicted molar refractivity (Wildman–Crippen MR) is 438 cm³/mol. The third kappa shape index (κ3) is 153. The van der Waals surface area contributed by atoms with Gasteiger partial charge in [-0.2, -0.15) is 0 Å². The topological polar surface area (TPSA) is 0 Å². The normalized spacial score (nSPS) is 10.3. The third-order valence-electron chi connectivity index (χ3n) is 12.2. The van der Waals surface area contributed by atoms with E-state index in [0.29, 0.717) is 0 Å². The first-order valence-electron chi connectivity index (χ1n) is 32.2. The third-order valence-corrected chi connectivity index (χ3v) is 18.4. The fraction of sp³-hybridized carbons (Fsp3) is 1.00. The summed E-state index contributed by atoms with van der Waals surface area (Å²) < 4.78 is 10.2. The Morgan fingerprint density at radius 1 is 0.189 bits per heavy atom. The molecule has 1 atom stereocenters. The molecule has 0 aliphatic carbocycles. The lowest BCUT2D eigenvalue weighted by atomic mass is 10.0. The van der Waals surface area contributed by atoms with E-state index in [2.05, 4.69) is 243 Å². The fourth-order valence-electron chi connectivity index (χ4n) is 6.97. The van der Waals surface area contributed by atoms with Gasteiger partial charge < -0.3 is 0 Å². The van der Waals surface area contributed by atoms with Crippen molar-refractivity contribution in [3.05, 3.63) is 0 Å². The first kappa shape index (κ1) is 99.6. The van der Waals surface area contributed by atoms with Gasteiger partial charge in [-0.3, -0.25) is 0 Å². The number of halogens is 9. The van der Waals surface area contributed by atoms with E-state index in [0.717, 1.165) is 3.92 Å². The lowest BCUT2D eigenvalue weighted by Crippen LogP contribution is -1.83. The minimum atomic E-state index is 0. The predicted octanol–water partition coefficient (Wildman–Crippen LogP) is 31.3. The molecule has 0 saturated carbocycles. The lowest BCUT2D eigenvalue weighted by molar-refractivity contribution is 0.539. The van der Waals surface area contributed by atoms with Crippen molar-refractivity contribution in [3.8, 4) is 0 Å². The largest absolute Gasteiger partial charge is 0.107 e. The summed E-state index contributed by atoms with van der Waals surface area (Å²) in [7, 11) is 0. The Kier molecular flexibility index (Phi) is 159. The summed E-state index contributed by atoms with van der Waals surface area (Å²) in [6.07, 6.45) is 68.9. The van der Waals surface area contributed by atoms with Gasteiger partial charge in [-0.15, -0.1) is 24.0 Å². The first-order valence-corrected chi connectivity index (χ1v) is 44.2. The van der Waals surface area contributed by atoms with Crippen LogP contribution in [-0.2, 0) is 0 Å². The molecular weight excluding hydrogens is 1920 g/mol. The zero-order chi connectivity index (χ0) is 56.5. The average Bonchev–Trinajstić information content (AvgIpc) is 3.40. The minimum Gasteiger partial charge on any atom is -0.107 e. The molecule has 0 aliphatic heterocycles. The second-order valence-electron chi connectivity index (χ2n) is 20.2. The van der Waals surface area contributed by atoms with Crippen LogP contribution in [0.2, 0.25) is 0 Å². The van der Waals surface area contributed by atoms with Crippen LogP contribution in [0.1, 0.15) is 371 Å². The molecule has 74 heavy (non-hydrogen) atoms. The van der Waals surface area contributed by atoms with E-state index in [1.165, 1.54) is 339 Å². The van der Waals surface area contributed by atoms with Crippen LogP contribution < -0.4 is 0 Å². The molecule has 0 spiro atoms. The SMILES string of the molecule is CCC(C)I.CCCCCCCCCCCCCCCCI.CCCCCCCCCCCCI.CCCCCCCCCCI.CCCCCCCCI.CCCCCCI.CCCCCI.CCCCI.I. The highest BCUT2D eigenvalue weighted by Crippen LogP contribution is 2.14. The van der Waals surface area contributed by atoms with Gasteiger partial charge >= 0.3 is 0 Å². The summed E-state index contributed by atoms with van der Waals surface area (Å²) in [5.74, 6) is 0. The number of hydrogen-bond donors (Lipinski definition) is 0. The Labute approximate surface area is 600 Å². The molecule has 9 heteroatoms. The molecule has 0 aromatic heterocycles. The summed E-state index contributed by atoms with van der Waals surface area (Å²) in [5.41, 5.74) is 0. The van der Waals surface area contributed by atoms with Gasteiger partial charge in [0.05, 0.1) is 0 Å². The molecule has 0 heterocycles. The molecule has 0 aliphatic rings. The standard InChI is InChI=1S/C16H33I.C12H25I.C10H21I.C8H17I.C6H13I.C5H11I.2C4H9I.HI/c1-2-3-4-5-6-7-8-9-10-11-12-13-14-15-16-17;1-2-3-4-5-6-7-8-9-10-11-12-13;1-2-3-4-5-6-7-8-9-10-11;1-2-3-4-5-6-7-8-9;1-2-3-4-5-6-7;1-2-3-4-5-6;1-3-4(2)5;1-2-3-4-5;/h2-16H2,1H3;2-12H2,1H3;2-10H2,1H3;2-8H2,1H3;2-6H2,1H3;2-5H2,1H3;4H,3H2,1-2H3;2-4H2,1H3;1H. The minimum absolute atomic E-state index is 0. The van der Waals surface area contributed by atoms with Gasteiger partial charge in [0.15, 0.2) is 0 Å². The molecule has 0 radical (unpaired) electrons. The van der Waals surface area contributed by atoms with Crippen LogP contribution >= 0.6 is 205 Å². The van der Waals surface area contributed by atoms with E-state index in [4.69, 9.17) is 0 Å².